The maximum absolute atomic E-state index is 10.4. The minimum Gasteiger partial charge on any atom is -0.372 e. The molecule has 9 heavy (non-hydrogen) atoms. The van der Waals surface area contributed by atoms with E-state index in [0.29, 0.717) is 6.42 Å². The Bertz CT molecular complexity index is 139. The van der Waals surface area contributed by atoms with Gasteiger partial charge in [0.15, 0.2) is 0 Å². The Morgan fingerprint density at radius 1 is 1.78 bits per heavy atom. The van der Waals surface area contributed by atoms with Gasteiger partial charge in [0.1, 0.15) is 6.11 Å². The fourth-order valence-electron chi connectivity index (χ4n) is 0.316. The number of hydrogen-bond acceptors (Lipinski definition) is 2. The molecule has 0 aliphatic carbocycles. The molecule has 49 valence electrons. The van der Waals surface area contributed by atoms with Crippen molar-refractivity contribution in [3.8, 4) is 12.0 Å². The van der Waals surface area contributed by atoms with E-state index in [2.05, 4.69) is 16.8 Å². The Labute approximate surface area is 55.2 Å². The second-order valence-corrected chi connectivity index (χ2v) is 1.44. The standard InChI is InChI=1S/C7H9O2/c1-3-5-7(8)9-6-4-2/h3H,5H2,1-2H3. The molecule has 0 fully saturated rings. The van der Waals surface area contributed by atoms with E-state index in [0.717, 1.165) is 0 Å². The fourth-order valence-corrected chi connectivity index (χ4v) is 0.316. The monoisotopic (exact) mass is 125 g/mol. The second-order valence-electron chi connectivity index (χ2n) is 1.44. The SMILES string of the molecule is CC#COC(=O)C[CH]C. The van der Waals surface area contributed by atoms with Crippen molar-refractivity contribution in [1.29, 1.82) is 0 Å². The lowest BCUT2D eigenvalue weighted by Crippen LogP contribution is -1.97. The van der Waals surface area contributed by atoms with E-state index in [4.69, 9.17) is 0 Å². The molecule has 0 aromatic carbocycles. The van der Waals surface area contributed by atoms with Crippen LogP contribution in [-0.2, 0) is 9.53 Å². The summed E-state index contributed by atoms with van der Waals surface area (Å²) in [4.78, 5) is 10.4. The predicted molar refractivity (Wildman–Crippen MR) is 34.1 cm³/mol. The Kier molecular flexibility index (Phi) is 4.61. The first-order valence-corrected chi connectivity index (χ1v) is 2.70. The van der Waals surface area contributed by atoms with E-state index in [-0.39, 0.29) is 5.97 Å². The van der Waals surface area contributed by atoms with Crippen molar-refractivity contribution in [2.24, 2.45) is 0 Å². The maximum atomic E-state index is 10.4. The van der Waals surface area contributed by atoms with E-state index in [1.54, 1.807) is 20.3 Å². The van der Waals surface area contributed by atoms with Crippen LogP contribution in [0.15, 0.2) is 0 Å². The topological polar surface area (TPSA) is 26.3 Å². The molecule has 1 radical (unpaired) electrons. The number of esters is 1. The maximum Gasteiger partial charge on any atom is 0.320 e. The van der Waals surface area contributed by atoms with Gasteiger partial charge < -0.3 is 4.74 Å². The highest BCUT2D eigenvalue weighted by atomic mass is 16.5. The largest absolute Gasteiger partial charge is 0.372 e. The van der Waals surface area contributed by atoms with Crippen LogP contribution in [0.1, 0.15) is 20.3 Å². The first kappa shape index (κ1) is 8.03. The molecule has 0 amide bonds. The molecule has 0 aromatic heterocycles. The van der Waals surface area contributed by atoms with Crippen LogP contribution in [0.5, 0.6) is 0 Å². The van der Waals surface area contributed by atoms with Gasteiger partial charge in [-0.05, 0) is 6.42 Å². The molecule has 0 N–H and O–H groups in total. The molecule has 0 heterocycles. The summed E-state index contributed by atoms with van der Waals surface area (Å²) in [6, 6.07) is 0. The average Bonchev–Trinajstić information content (AvgIpc) is 1.85. The van der Waals surface area contributed by atoms with E-state index < -0.39 is 0 Å². The highest BCUT2D eigenvalue weighted by Crippen LogP contribution is 1.87. The molecule has 0 unspecified atom stereocenters. The first-order chi connectivity index (χ1) is 4.31. The van der Waals surface area contributed by atoms with Crippen LogP contribution >= 0.6 is 0 Å². The van der Waals surface area contributed by atoms with Crippen molar-refractivity contribution in [3.05, 3.63) is 6.42 Å². The lowest BCUT2D eigenvalue weighted by molar-refractivity contribution is -0.136. The highest BCUT2D eigenvalue weighted by Gasteiger charge is 1.95. The average molecular weight is 125 g/mol. The Morgan fingerprint density at radius 3 is 2.89 bits per heavy atom. The van der Waals surface area contributed by atoms with Crippen LogP contribution in [0.2, 0.25) is 0 Å². The van der Waals surface area contributed by atoms with Crippen molar-refractivity contribution in [3.63, 3.8) is 0 Å². The normalized spacial score (nSPS) is 7.33. The minimum atomic E-state index is -0.299. The number of carbonyl (C=O) groups excluding carboxylic acids is 1. The lowest BCUT2D eigenvalue weighted by atomic mass is 10.3. The van der Waals surface area contributed by atoms with Gasteiger partial charge in [-0.15, -0.1) is 0 Å². The Hall–Kier alpha value is -0.970. The predicted octanol–water partition coefficient (Wildman–Crippen LogP) is 1.12. The molecule has 0 atom stereocenters. The number of rotatable bonds is 2. The van der Waals surface area contributed by atoms with Crippen molar-refractivity contribution >= 4 is 5.97 Å². The zero-order valence-corrected chi connectivity index (χ0v) is 5.60. The van der Waals surface area contributed by atoms with Crippen molar-refractivity contribution in [2.75, 3.05) is 0 Å². The lowest BCUT2D eigenvalue weighted by Gasteiger charge is -1.89. The molecule has 0 saturated heterocycles. The van der Waals surface area contributed by atoms with Crippen molar-refractivity contribution in [2.45, 2.75) is 20.3 Å². The number of hydrogen-bond donors (Lipinski definition) is 0. The van der Waals surface area contributed by atoms with Gasteiger partial charge in [-0.3, -0.25) is 4.79 Å². The van der Waals surface area contributed by atoms with Crippen LogP contribution in [0.3, 0.4) is 0 Å². The number of carbonyl (C=O) groups is 1. The van der Waals surface area contributed by atoms with Crippen molar-refractivity contribution < 1.29 is 9.53 Å². The third kappa shape index (κ3) is 4.89. The summed E-state index contributed by atoms with van der Waals surface area (Å²) in [7, 11) is 0. The third-order valence-corrected chi connectivity index (χ3v) is 0.638. The molecule has 2 heteroatoms. The first-order valence-electron chi connectivity index (χ1n) is 2.70. The van der Waals surface area contributed by atoms with E-state index in [1.807, 2.05) is 0 Å². The minimum absolute atomic E-state index is 0.299. The Balaban J connectivity index is 3.35. The van der Waals surface area contributed by atoms with Gasteiger partial charge in [-0.25, -0.2) is 0 Å². The molecule has 0 saturated carbocycles. The number of ether oxygens (including phenoxy) is 1. The van der Waals surface area contributed by atoms with Crippen LogP contribution < -0.4 is 0 Å². The van der Waals surface area contributed by atoms with Gasteiger partial charge in [0.25, 0.3) is 0 Å². The summed E-state index contributed by atoms with van der Waals surface area (Å²) in [5, 5.41) is 0. The molecule has 0 aliphatic heterocycles. The molecule has 2 nitrogen and oxygen atoms in total. The summed E-state index contributed by atoms with van der Waals surface area (Å²) >= 11 is 0. The highest BCUT2D eigenvalue weighted by molar-refractivity contribution is 5.71. The third-order valence-electron chi connectivity index (χ3n) is 0.638. The molecule has 0 aliphatic rings. The smallest absolute Gasteiger partial charge is 0.320 e. The van der Waals surface area contributed by atoms with Gasteiger partial charge in [0.2, 0.25) is 0 Å². The molecule has 0 rings (SSSR count). The summed E-state index contributed by atoms with van der Waals surface area (Å²) in [5.74, 6) is 2.15. The van der Waals surface area contributed by atoms with Crippen LogP contribution in [0.4, 0.5) is 0 Å². The molecular formula is C7H9O2. The zero-order chi connectivity index (χ0) is 7.11. The fraction of sp³-hybridized carbons (Fsp3) is 0.429. The summed E-state index contributed by atoms with van der Waals surface area (Å²) < 4.78 is 4.40. The van der Waals surface area contributed by atoms with Crippen LogP contribution in [0, 0.1) is 18.4 Å². The van der Waals surface area contributed by atoms with Crippen molar-refractivity contribution in [1.82, 2.24) is 0 Å². The molecule has 0 spiro atoms. The van der Waals surface area contributed by atoms with Crippen LogP contribution in [-0.4, -0.2) is 5.97 Å². The van der Waals surface area contributed by atoms with E-state index in [9.17, 15) is 4.79 Å². The van der Waals surface area contributed by atoms with Gasteiger partial charge in [-0.2, -0.15) is 0 Å². The van der Waals surface area contributed by atoms with Crippen LogP contribution in [0.25, 0.3) is 0 Å². The second kappa shape index (κ2) is 5.17. The summed E-state index contributed by atoms with van der Waals surface area (Å²) in [6.45, 7) is 3.41. The Morgan fingerprint density at radius 2 is 2.44 bits per heavy atom. The molecule has 0 bridgehead atoms. The molecule has 0 aromatic rings. The van der Waals surface area contributed by atoms with Gasteiger partial charge >= 0.3 is 5.97 Å². The summed E-state index contributed by atoms with van der Waals surface area (Å²) in [6.07, 6.45) is 4.26. The van der Waals surface area contributed by atoms with Gasteiger partial charge in [-0.1, -0.05) is 12.8 Å². The van der Waals surface area contributed by atoms with Gasteiger partial charge in [0, 0.05) is 13.3 Å². The van der Waals surface area contributed by atoms with Gasteiger partial charge in [0.05, 0.1) is 0 Å². The quantitative estimate of drug-likeness (QED) is 0.408. The zero-order valence-electron chi connectivity index (χ0n) is 5.60. The molecular weight excluding hydrogens is 116 g/mol. The van der Waals surface area contributed by atoms with E-state index >= 15 is 0 Å². The summed E-state index contributed by atoms with van der Waals surface area (Å²) in [5.41, 5.74) is 0. The van der Waals surface area contributed by atoms with E-state index in [1.165, 1.54) is 0 Å².